The van der Waals surface area contributed by atoms with E-state index in [0.29, 0.717) is 31.9 Å². The summed E-state index contributed by atoms with van der Waals surface area (Å²) in [5.74, 6) is 2.38. The Bertz CT molecular complexity index is 857. The molecule has 5 fully saturated rings. The third-order valence-electron chi connectivity index (χ3n) is 7.49. The zero-order valence-corrected chi connectivity index (χ0v) is 17.6. The molecule has 0 radical (unpaired) electrons. The number of rotatable bonds is 5. The van der Waals surface area contributed by atoms with Crippen LogP contribution in [0.25, 0.3) is 0 Å². The molecule has 1 aromatic carbocycles. The maximum absolute atomic E-state index is 12.9. The van der Waals surface area contributed by atoms with Crippen LogP contribution < -0.4 is 5.32 Å². The third-order valence-corrected chi connectivity index (χ3v) is 9.39. The van der Waals surface area contributed by atoms with E-state index in [1.54, 1.807) is 18.2 Å². The molecule has 4 aliphatic carbocycles. The van der Waals surface area contributed by atoms with Gasteiger partial charge in [-0.25, -0.2) is 8.42 Å². The number of ether oxygens (including phenoxy) is 1. The maximum atomic E-state index is 12.9. The molecule has 1 aliphatic heterocycles. The molecule has 1 heterocycles. The summed E-state index contributed by atoms with van der Waals surface area (Å²) in [5, 5.41) is 3.15. The fourth-order valence-corrected chi connectivity index (χ4v) is 8.06. The van der Waals surface area contributed by atoms with Gasteiger partial charge in [0, 0.05) is 25.2 Å². The van der Waals surface area contributed by atoms with Crippen LogP contribution in [-0.4, -0.2) is 51.5 Å². The van der Waals surface area contributed by atoms with Crippen molar-refractivity contribution in [2.45, 2.75) is 43.4 Å². The van der Waals surface area contributed by atoms with Gasteiger partial charge in [-0.2, -0.15) is 4.31 Å². The molecule has 4 saturated carbocycles. The van der Waals surface area contributed by atoms with E-state index in [9.17, 15) is 13.2 Å². The molecule has 0 atom stereocenters. The van der Waals surface area contributed by atoms with Gasteiger partial charge in [0.2, 0.25) is 10.0 Å². The molecule has 6 rings (SSSR count). The molecule has 0 aromatic heterocycles. The Morgan fingerprint density at radius 1 is 1.07 bits per heavy atom. The molecule has 1 amide bonds. The Kier molecular flexibility index (Phi) is 4.95. The van der Waals surface area contributed by atoms with Crippen LogP contribution >= 0.6 is 0 Å². The van der Waals surface area contributed by atoms with Crippen molar-refractivity contribution in [3.05, 3.63) is 29.8 Å². The summed E-state index contributed by atoms with van der Waals surface area (Å²) < 4.78 is 32.5. The predicted octanol–water partition coefficient (Wildman–Crippen LogP) is 2.65. The van der Waals surface area contributed by atoms with E-state index in [1.165, 1.54) is 48.9 Å². The van der Waals surface area contributed by atoms with Gasteiger partial charge in [0.05, 0.1) is 18.1 Å². The van der Waals surface area contributed by atoms with Crippen molar-refractivity contribution in [3.63, 3.8) is 0 Å². The third kappa shape index (κ3) is 3.73. The zero-order valence-electron chi connectivity index (χ0n) is 16.8. The van der Waals surface area contributed by atoms with Gasteiger partial charge in [-0.15, -0.1) is 0 Å². The summed E-state index contributed by atoms with van der Waals surface area (Å²) in [6.07, 6.45) is 7.87. The van der Waals surface area contributed by atoms with Crippen LogP contribution in [0.15, 0.2) is 29.2 Å². The van der Waals surface area contributed by atoms with Crippen LogP contribution in [0.1, 0.15) is 48.9 Å². The Balaban J connectivity index is 1.28. The number of carbonyl (C=O) groups excluding carboxylic acids is 1. The number of benzene rings is 1. The van der Waals surface area contributed by atoms with Gasteiger partial charge in [0.15, 0.2) is 0 Å². The highest BCUT2D eigenvalue weighted by Gasteiger charge is 2.50. The van der Waals surface area contributed by atoms with E-state index in [4.69, 9.17) is 4.74 Å². The Morgan fingerprint density at radius 3 is 2.31 bits per heavy atom. The number of hydrogen-bond acceptors (Lipinski definition) is 4. The van der Waals surface area contributed by atoms with Crippen molar-refractivity contribution < 1.29 is 17.9 Å². The smallest absolute Gasteiger partial charge is 0.251 e. The number of carbonyl (C=O) groups is 1. The lowest BCUT2D eigenvalue weighted by atomic mass is 9.49. The van der Waals surface area contributed by atoms with E-state index < -0.39 is 10.0 Å². The average molecular weight is 419 g/mol. The monoisotopic (exact) mass is 418 g/mol. The van der Waals surface area contributed by atoms with Crippen LogP contribution in [0.3, 0.4) is 0 Å². The topological polar surface area (TPSA) is 75.7 Å². The van der Waals surface area contributed by atoms with Crippen LogP contribution in [0.2, 0.25) is 0 Å². The van der Waals surface area contributed by atoms with Gasteiger partial charge >= 0.3 is 0 Å². The van der Waals surface area contributed by atoms with Crippen LogP contribution in [0.5, 0.6) is 0 Å². The van der Waals surface area contributed by atoms with Crippen molar-refractivity contribution in [2.75, 3.05) is 32.8 Å². The molecule has 6 nitrogen and oxygen atoms in total. The molecule has 4 bridgehead atoms. The molecule has 5 aliphatic rings. The van der Waals surface area contributed by atoms with Crippen molar-refractivity contribution in [1.29, 1.82) is 0 Å². The largest absolute Gasteiger partial charge is 0.379 e. The van der Waals surface area contributed by atoms with Gasteiger partial charge in [-0.1, -0.05) is 6.07 Å². The quantitative estimate of drug-likeness (QED) is 0.798. The molecular formula is C22H30N2O4S. The minimum Gasteiger partial charge on any atom is -0.379 e. The number of sulfonamides is 1. The average Bonchev–Trinajstić information content (AvgIpc) is 2.72. The molecule has 158 valence electrons. The minimum absolute atomic E-state index is 0.167. The summed E-state index contributed by atoms with van der Waals surface area (Å²) in [6.45, 7) is 2.24. The van der Waals surface area contributed by atoms with Crippen LogP contribution in [0.4, 0.5) is 0 Å². The highest BCUT2D eigenvalue weighted by Crippen LogP contribution is 2.59. The van der Waals surface area contributed by atoms with Gasteiger partial charge < -0.3 is 10.1 Å². The molecule has 7 heteroatoms. The fourth-order valence-electron chi connectivity index (χ4n) is 6.61. The van der Waals surface area contributed by atoms with Gasteiger partial charge in [-0.3, -0.25) is 4.79 Å². The normalized spacial score (nSPS) is 34.3. The molecule has 0 spiro atoms. The lowest BCUT2D eigenvalue weighted by molar-refractivity contribution is -0.0503. The van der Waals surface area contributed by atoms with Gasteiger partial charge in [-0.05, 0) is 79.9 Å². The molecule has 1 aromatic rings. The second-order valence-electron chi connectivity index (χ2n) is 9.64. The van der Waals surface area contributed by atoms with Crippen LogP contribution in [-0.2, 0) is 14.8 Å². The van der Waals surface area contributed by atoms with Crippen molar-refractivity contribution in [1.82, 2.24) is 9.62 Å². The first-order valence-corrected chi connectivity index (χ1v) is 12.3. The summed E-state index contributed by atoms with van der Waals surface area (Å²) in [5.41, 5.74) is 0.686. The van der Waals surface area contributed by atoms with Gasteiger partial charge in [0.1, 0.15) is 0 Å². The Labute approximate surface area is 173 Å². The molecular weight excluding hydrogens is 388 g/mol. The van der Waals surface area contributed by atoms with E-state index in [1.807, 2.05) is 0 Å². The first kappa shape index (κ1) is 19.5. The number of morpholine rings is 1. The van der Waals surface area contributed by atoms with Gasteiger partial charge in [0.25, 0.3) is 5.91 Å². The SMILES string of the molecule is O=C(NCC12CC3CC(CC(C3)C1)C2)c1cccc(S(=O)(=O)N2CCOCC2)c1. The first-order chi connectivity index (χ1) is 13.9. The maximum Gasteiger partial charge on any atom is 0.251 e. The summed E-state index contributed by atoms with van der Waals surface area (Å²) in [4.78, 5) is 13.0. The van der Waals surface area contributed by atoms with E-state index >= 15 is 0 Å². The van der Waals surface area contributed by atoms with Crippen LogP contribution in [0, 0.1) is 23.2 Å². The number of hydrogen-bond donors (Lipinski definition) is 1. The Hall–Kier alpha value is -1.44. The Morgan fingerprint density at radius 2 is 1.69 bits per heavy atom. The second kappa shape index (κ2) is 7.36. The fraction of sp³-hybridized carbons (Fsp3) is 0.682. The van der Waals surface area contributed by atoms with E-state index in [2.05, 4.69) is 5.32 Å². The second-order valence-corrected chi connectivity index (χ2v) is 11.6. The van der Waals surface area contributed by atoms with Crippen molar-refractivity contribution in [3.8, 4) is 0 Å². The molecule has 1 saturated heterocycles. The lowest BCUT2D eigenvalue weighted by Gasteiger charge is -2.56. The highest BCUT2D eigenvalue weighted by molar-refractivity contribution is 7.89. The minimum atomic E-state index is -3.60. The summed E-state index contributed by atoms with van der Waals surface area (Å²) in [7, 11) is -3.60. The molecule has 0 unspecified atom stereocenters. The van der Waals surface area contributed by atoms with Crippen molar-refractivity contribution in [2.24, 2.45) is 23.2 Å². The number of amides is 1. The summed E-state index contributed by atoms with van der Waals surface area (Å²) >= 11 is 0. The summed E-state index contributed by atoms with van der Waals surface area (Å²) in [6, 6.07) is 6.45. The number of nitrogens with zero attached hydrogens (tertiary/aromatic N) is 1. The molecule has 1 N–H and O–H groups in total. The zero-order chi connectivity index (χ0) is 20.1. The predicted molar refractivity (Wildman–Crippen MR) is 109 cm³/mol. The molecule has 29 heavy (non-hydrogen) atoms. The van der Waals surface area contributed by atoms with Crippen molar-refractivity contribution >= 4 is 15.9 Å². The first-order valence-electron chi connectivity index (χ1n) is 10.9. The number of nitrogens with one attached hydrogen (secondary N) is 1. The highest BCUT2D eigenvalue weighted by atomic mass is 32.2. The standard InChI is InChI=1S/C22H30N2O4S/c25-21(23-15-22-12-16-8-17(13-22)10-18(9-16)14-22)19-2-1-3-20(11-19)29(26,27)24-4-6-28-7-5-24/h1-3,11,16-18H,4-10,12-15H2,(H,23,25). The van der Waals surface area contributed by atoms with E-state index in [-0.39, 0.29) is 16.2 Å². The van der Waals surface area contributed by atoms with E-state index in [0.717, 1.165) is 24.3 Å². The lowest BCUT2D eigenvalue weighted by Crippen LogP contribution is -2.51.